The number of nitriles is 1. The number of hydrogen-bond donors (Lipinski definition) is 0. The molecular weight excluding hydrogens is 223 g/mol. The average molecular weight is 229 g/mol. The molecule has 0 aliphatic carbocycles. The molecule has 0 saturated heterocycles. The highest BCUT2D eigenvalue weighted by molar-refractivity contribution is 5.94. The molecule has 0 bridgehead atoms. The standard InChI is InChI=1S/C9H6F3N3O/c10-9(11,12)15(5-3-13)8(16)7-2-1-4-14-6-7/h1-2,4,6H,5H2. The lowest BCUT2D eigenvalue weighted by molar-refractivity contribution is -0.220. The van der Waals surface area contributed by atoms with Crippen LogP contribution in [0.25, 0.3) is 0 Å². The molecule has 7 heteroatoms. The lowest BCUT2D eigenvalue weighted by atomic mass is 10.2. The van der Waals surface area contributed by atoms with Crippen molar-refractivity contribution in [1.82, 2.24) is 9.88 Å². The van der Waals surface area contributed by atoms with Gasteiger partial charge < -0.3 is 0 Å². The maximum absolute atomic E-state index is 12.4. The SMILES string of the molecule is N#CCN(C(=O)c1cccnc1)C(F)(F)F. The van der Waals surface area contributed by atoms with Crippen LogP contribution >= 0.6 is 0 Å². The molecule has 16 heavy (non-hydrogen) atoms. The second-order valence-electron chi connectivity index (χ2n) is 2.76. The number of alkyl halides is 3. The number of aromatic nitrogens is 1. The zero-order chi connectivity index (χ0) is 12.2. The third-order valence-electron chi connectivity index (χ3n) is 1.69. The summed E-state index contributed by atoms with van der Waals surface area (Å²) in [7, 11) is 0. The number of amides is 1. The van der Waals surface area contributed by atoms with Crippen molar-refractivity contribution < 1.29 is 18.0 Å². The van der Waals surface area contributed by atoms with Crippen LogP contribution < -0.4 is 0 Å². The lowest BCUT2D eigenvalue weighted by Crippen LogP contribution is -2.43. The van der Waals surface area contributed by atoms with Crippen molar-refractivity contribution in [1.29, 1.82) is 5.26 Å². The van der Waals surface area contributed by atoms with Crippen LogP contribution in [0, 0.1) is 11.3 Å². The van der Waals surface area contributed by atoms with Crippen molar-refractivity contribution in [3.8, 4) is 6.07 Å². The summed E-state index contributed by atoms with van der Waals surface area (Å²) in [4.78, 5) is 14.5. The number of hydrogen-bond acceptors (Lipinski definition) is 3. The Morgan fingerprint density at radius 3 is 2.69 bits per heavy atom. The summed E-state index contributed by atoms with van der Waals surface area (Å²) in [5, 5.41) is 8.24. The molecule has 0 saturated carbocycles. The molecule has 0 unspecified atom stereocenters. The zero-order valence-corrected chi connectivity index (χ0v) is 7.90. The van der Waals surface area contributed by atoms with E-state index in [1.807, 2.05) is 0 Å². The van der Waals surface area contributed by atoms with E-state index in [4.69, 9.17) is 5.26 Å². The molecule has 0 aliphatic rings. The molecule has 0 fully saturated rings. The summed E-state index contributed by atoms with van der Waals surface area (Å²) < 4.78 is 37.1. The van der Waals surface area contributed by atoms with E-state index < -0.39 is 23.7 Å². The van der Waals surface area contributed by atoms with Gasteiger partial charge in [0.05, 0.1) is 11.6 Å². The van der Waals surface area contributed by atoms with E-state index in [0.717, 1.165) is 6.20 Å². The van der Waals surface area contributed by atoms with Crippen molar-refractivity contribution in [3.63, 3.8) is 0 Å². The summed E-state index contributed by atoms with van der Waals surface area (Å²) in [5.74, 6) is -1.29. The second-order valence-corrected chi connectivity index (χ2v) is 2.76. The smallest absolute Gasteiger partial charge is 0.269 e. The van der Waals surface area contributed by atoms with Gasteiger partial charge in [0.25, 0.3) is 5.91 Å². The molecule has 1 aromatic heterocycles. The predicted octanol–water partition coefficient (Wildman–Crippen LogP) is 1.57. The van der Waals surface area contributed by atoms with Gasteiger partial charge in [0, 0.05) is 12.4 Å². The number of pyridine rings is 1. The molecule has 0 atom stereocenters. The molecule has 1 rings (SSSR count). The molecule has 0 spiro atoms. The van der Waals surface area contributed by atoms with Crippen molar-refractivity contribution >= 4 is 5.91 Å². The Hall–Kier alpha value is -2.10. The number of rotatable bonds is 2. The molecule has 4 nitrogen and oxygen atoms in total. The van der Waals surface area contributed by atoms with Crippen molar-refractivity contribution in [2.75, 3.05) is 6.54 Å². The summed E-state index contributed by atoms with van der Waals surface area (Å²) in [6.07, 6.45) is -2.53. The van der Waals surface area contributed by atoms with Gasteiger partial charge in [-0.3, -0.25) is 9.78 Å². The zero-order valence-electron chi connectivity index (χ0n) is 7.90. The molecule has 0 aromatic carbocycles. The van der Waals surface area contributed by atoms with E-state index >= 15 is 0 Å². The molecule has 0 radical (unpaired) electrons. The Bertz CT molecular complexity index is 410. The third-order valence-corrected chi connectivity index (χ3v) is 1.69. The lowest BCUT2D eigenvalue weighted by Gasteiger charge is -2.21. The number of carbonyl (C=O) groups is 1. The summed E-state index contributed by atoms with van der Waals surface area (Å²) >= 11 is 0. The molecule has 1 aromatic rings. The van der Waals surface area contributed by atoms with Gasteiger partial charge in [-0.05, 0) is 12.1 Å². The number of halogens is 3. The number of carbonyl (C=O) groups excluding carboxylic acids is 1. The van der Waals surface area contributed by atoms with E-state index in [-0.39, 0.29) is 5.56 Å². The molecule has 0 aliphatic heterocycles. The van der Waals surface area contributed by atoms with Crippen LogP contribution in [0.1, 0.15) is 10.4 Å². The van der Waals surface area contributed by atoms with Gasteiger partial charge >= 0.3 is 6.30 Å². The summed E-state index contributed by atoms with van der Waals surface area (Å²) in [5.41, 5.74) is -0.213. The molecule has 0 N–H and O–H groups in total. The van der Waals surface area contributed by atoms with Crippen LogP contribution in [0.15, 0.2) is 24.5 Å². The van der Waals surface area contributed by atoms with Gasteiger partial charge in [-0.15, -0.1) is 13.2 Å². The largest absolute Gasteiger partial charge is 0.488 e. The first-order chi connectivity index (χ1) is 7.46. The fraction of sp³-hybridized carbons (Fsp3) is 0.222. The highest BCUT2D eigenvalue weighted by Crippen LogP contribution is 2.22. The van der Waals surface area contributed by atoms with Crippen LogP contribution in [0.2, 0.25) is 0 Å². The first-order valence-electron chi connectivity index (χ1n) is 4.12. The minimum atomic E-state index is -4.87. The fourth-order valence-corrected chi connectivity index (χ4v) is 0.992. The van der Waals surface area contributed by atoms with Crippen molar-refractivity contribution in [2.24, 2.45) is 0 Å². The molecule has 1 amide bonds. The average Bonchev–Trinajstić information content (AvgIpc) is 2.25. The second kappa shape index (κ2) is 4.61. The van der Waals surface area contributed by atoms with Crippen LogP contribution in [0.3, 0.4) is 0 Å². The van der Waals surface area contributed by atoms with Crippen molar-refractivity contribution in [3.05, 3.63) is 30.1 Å². The summed E-state index contributed by atoms with van der Waals surface area (Å²) in [6.45, 7) is -1.04. The third kappa shape index (κ3) is 2.70. The highest BCUT2D eigenvalue weighted by atomic mass is 19.4. The Morgan fingerprint density at radius 2 is 2.25 bits per heavy atom. The van der Waals surface area contributed by atoms with Crippen LogP contribution in [0.5, 0.6) is 0 Å². The van der Waals surface area contributed by atoms with E-state index in [9.17, 15) is 18.0 Å². The summed E-state index contributed by atoms with van der Waals surface area (Å²) in [6, 6.07) is 3.83. The normalized spacial score (nSPS) is 10.6. The minimum absolute atomic E-state index is 0.213. The van der Waals surface area contributed by atoms with E-state index in [2.05, 4.69) is 4.98 Å². The van der Waals surface area contributed by atoms with Gasteiger partial charge in [-0.25, -0.2) is 4.90 Å². The Kier molecular flexibility index (Phi) is 3.45. The van der Waals surface area contributed by atoms with Gasteiger partial charge in [-0.2, -0.15) is 5.26 Å². The highest BCUT2D eigenvalue weighted by Gasteiger charge is 2.41. The van der Waals surface area contributed by atoms with Crippen LogP contribution in [-0.2, 0) is 0 Å². The Labute approximate surface area is 88.9 Å². The first kappa shape index (κ1) is 12.0. The van der Waals surface area contributed by atoms with Crippen LogP contribution in [-0.4, -0.2) is 28.6 Å². The monoisotopic (exact) mass is 229 g/mol. The van der Waals surface area contributed by atoms with Gasteiger partial charge in [-0.1, -0.05) is 0 Å². The van der Waals surface area contributed by atoms with Gasteiger partial charge in [0.2, 0.25) is 0 Å². The van der Waals surface area contributed by atoms with Crippen molar-refractivity contribution in [2.45, 2.75) is 6.30 Å². The molecule has 1 heterocycles. The fourth-order valence-electron chi connectivity index (χ4n) is 0.992. The maximum Gasteiger partial charge on any atom is 0.488 e. The first-order valence-corrected chi connectivity index (χ1v) is 4.12. The Morgan fingerprint density at radius 1 is 1.56 bits per heavy atom. The van der Waals surface area contributed by atoms with E-state index in [1.165, 1.54) is 24.4 Å². The van der Waals surface area contributed by atoms with Crippen LogP contribution in [0.4, 0.5) is 13.2 Å². The number of nitrogens with zero attached hydrogens (tertiary/aromatic N) is 3. The Balaban J connectivity index is 2.98. The quantitative estimate of drug-likeness (QED) is 0.571. The van der Waals surface area contributed by atoms with E-state index in [1.54, 1.807) is 0 Å². The molecule has 84 valence electrons. The minimum Gasteiger partial charge on any atom is -0.269 e. The van der Waals surface area contributed by atoms with E-state index in [0.29, 0.717) is 0 Å². The topological polar surface area (TPSA) is 57.0 Å². The van der Waals surface area contributed by atoms with Gasteiger partial charge in [0.15, 0.2) is 0 Å². The van der Waals surface area contributed by atoms with Gasteiger partial charge in [0.1, 0.15) is 6.54 Å². The molecular formula is C9H6F3N3O. The maximum atomic E-state index is 12.4. The predicted molar refractivity (Wildman–Crippen MR) is 46.9 cm³/mol.